The van der Waals surface area contributed by atoms with Crippen molar-refractivity contribution in [2.45, 2.75) is 20.8 Å². The lowest BCUT2D eigenvalue weighted by molar-refractivity contribution is 1.03. The molecule has 0 bridgehead atoms. The molecule has 3 heterocycles. The molecule has 6 rings (SSSR count). The van der Waals surface area contributed by atoms with Crippen LogP contribution in [-0.4, -0.2) is 19.1 Å². The fourth-order valence-electron chi connectivity index (χ4n) is 5.60. The minimum atomic E-state index is 0.944. The third-order valence-corrected chi connectivity index (χ3v) is 7.22. The molecule has 0 aliphatic heterocycles. The van der Waals surface area contributed by atoms with Gasteiger partial charge in [-0.2, -0.15) is 0 Å². The molecule has 0 amide bonds. The Morgan fingerprint density at radius 2 is 1.59 bits per heavy atom. The lowest BCUT2D eigenvalue weighted by atomic mass is 9.98. The van der Waals surface area contributed by atoms with Crippen molar-refractivity contribution in [3.8, 4) is 33.9 Å². The van der Waals surface area contributed by atoms with E-state index in [0.29, 0.717) is 0 Å². The zero-order valence-corrected chi connectivity index (χ0v) is 22.5. The molecule has 39 heavy (non-hydrogen) atoms. The summed E-state index contributed by atoms with van der Waals surface area (Å²) < 4.78 is 4.49. The van der Waals surface area contributed by atoms with Crippen molar-refractivity contribution >= 4 is 23.1 Å². The molecule has 3 aromatic carbocycles. The number of benzene rings is 3. The maximum Gasteiger partial charge on any atom is 0.144 e. The van der Waals surface area contributed by atoms with Gasteiger partial charge in [0, 0.05) is 47.0 Å². The average molecular weight is 507 g/mol. The fraction of sp³-hybridized carbons (Fsp3) is 0.0857. The van der Waals surface area contributed by atoms with Gasteiger partial charge in [-0.1, -0.05) is 61.2 Å². The smallest absolute Gasteiger partial charge is 0.144 e. The van der Waals surface area contributed by atoms with Crippen molar-refractivity contribution in [1.82, 2.24) is 19.1 Å². The van der Waals surface area contributed by atoms with Gasteiger partial charge in [-0.3, -0.25) is 9.55 Å². The number of aryl methyl sites for hydroxylation is 2. The van der Waals surface area contributed by atoms with E-state index in [4.69, 9.17) is 0 Å². The van der Waals surface area contributed by atoms with Crippen LogP contribution >= 0.6 is 0 Å². The number of nitrogens with zero attached hydrogens (tertiary/aromatic N) is 4. The van der Waals surface area contributed by atoms with Crippen molar-refractivity contribution in [1.29, 1.82) is 0 Å². The summed E-state index contributed by atoms with van der Waals surface area (Å²) in [7, 11) is 0. The van der Waals surface area contributed by atoms with E-state index in [9.17, 15) is 0 Å². The molecule has 3 aromatic heterocycles. The minimum absolute atomic E-state index is 0.944. The van der Waals surface area contributed by atoms with Crippen LogP contribution in [0.5, 0.6) is 0 Å². The third kappa shape index (κ3) is 4.20. The van der Waals surface area contributed by atoms with Gasteiger partial charge < -0.3 is 4.57 Å². The van der Waals surface area contributed by atoms with Crippen LogP contribution in [0.3, 0.4) is 0 Å². The van der Waals surface area contributed by atoms with Gasteiger partial charge in [0.25, 0.3) is 0 Å². The molecule has 0 aliphatic carbocycles. The van der Waals surface area contributed by atoms with Gasteiger partial charge in [-0.25, -0.2) is 4.98 Å². The highest BCUT2D eigenvalue weighted by Crippen LogP contribution is 2.34. The summed E-state index contributed by atoms with van der Waals surface area (Å²) in [5.74, 6) is 0.944. The first-order valence-corrected chi connectivity index (χ1v) is 13.2. The second kappa shape index (κ2) is 10.1. The van der Waals surface area contributed by atoms with Crippen LogP contribution in [0.25, 0.3) is 56.9 Å². The molecule has 0 saturated carbocycles. The summed E-state index contributed by atoms with van der Waals surface area (Å²) in [5.41, 5.74) is 11.4. The van der Waals surface area contributed by atoms with Crippen LogP contribution in [0.4, 0.5) is 0 Å². The van der Waals surface area contributed by atoms with Crippen molar-refractivity contribution in [3.05, 3.63) is 133 Å². The molecule has 0 spiro atoms. The summed E-state index contributed by atoms with van der Waals surface area (Å²) >= 11 is 0. The van der Waals surface area contributed by atoms with E-state index < -0.39 is 0 Å². The predicted octanol–water partition coefficient (Wildman–Crippen LogP) is 8.84. The molecule has 0 fully saturated rings. The molecule has 0 radical (unpaired) electrons. The van der Waals surface area contributed by atoms with Crippen molar-refractivity contribution in [3.63, 3.8) is 0 Å². The largest absolute Gasteiger partial charge is 0.309 e. The lowest BCUT2D eigenvalue weighted by Crippen LogP contribution is -2.02. The molecular formula is C35H30N4. The summed E-state index contributed by atoms with van der Waals surface area (Å²) in [6.07, 6.45) is 13.8. The van der Waals surface area contributed by atoms with Crippen LogP contribution in [-0.2, 0) is 0 Å². The minimum Gasteiger partial charge on any atom is -0.309 e. The van der Waals surface area contributed by atoms with E-state index in [-0.39, 0.29) is 0 Å². The molecule has 4 nitrogen and oxygen atoms in total. The Labute approximate surface area is 229 Å². The highest BCUT2D eigenvalue weighted by molar-refractivity contribution is 5.94. The van der Waals surface area contributed by atoms with Crippen LogP contribution in [0.1, 0.15) is 29.3 Å². The van der Waals surface area contributed by atoms with Crippen LogP contribution in [0.2, 0.25) is 0 Å². The van der Waals surface area contributed by atoms with E-state index in [1.807, 2.05) is 56.0 Å². The van der Waals surface area contributed by atoms with Crippen LogP contribution in [0.15, 0.2) is 110 Å². The van der Waals surface area contributed by atoms with Gasteiger partial charge in [0.2, 0.25) is 0 Å². The molecule has 0 N–H and O–H groups in total. The maximum atomic E-state index is 4.67. The van der Waals surface area contributed by atoms with Crippen LogP contribution < -0.4 is 0 Å². The molecule has 0 aliphatic rings. The number of imidazole rings is 1. The van der Waals surface area contributed by atoms with E-state index in [0.717, 1.165) is 39.2 Å². The van der Waals surface area contributed by atoms with Gasteiger partial charge in [0.1, 0.15) is 5.82 Å². The standard InChI is InChI=1S/C35H30N4/c1-5-11-32-30(6-2)31-23-36-17-16-33(31)39(32)29-15-10-14-27(22-29)28-20-24(3)34(25(4)21-28)38-19-18-37-35(38)26-12-8-7-9-13-26/h5-23H,2H2,1,3-4H3/b11-5-. The topological polar surface area (TPSA) is 35.6 Å². The second-order valence-corrected chi connectivity index (χ2v) is 9.73. The molecule has 4 heteroatoms. The van der Waals surface area contributed by atoms with Gasteiger partial charge in [0.05, 0.1) is 16.9 Å². The Bertz CT molecular complexity index is 1830. The Hall–Kier alpha value is -4.96. The number of fused-ring (bicyclic) bond motifs is 1. The first kappa shape index (κ1) is 24.4. The van der Waals surface area contributed by atoms with Gasteiger partial charge >= 0.3 is 0 Å². The summed E-state index contributed by atoms with van der Waals surface area (Å²) in [6.45, 7) is 10.5. The molecule has 6 aromatic rings. The maximum absolute atomic E-state index is 4.67. The fourth-order valence-corrected chi connectivity index (χ4v) is 5.60. The Morgan fingerprint density at radius 1 is 0.821 bits per heavy atom. The normalized spacial score (nSPS) is 11.5. The summed E-state index contributed by atoms with van der Waals surface area (Å²) in [4.78, 5) is 9.05. The summed E-state index contributed by atoms with van der Waals surface area (Å²) in [6, 6.07) is 25.7. The van der Waals surface area contributed by atoms with Crippen molar-refractivity contribution in [2.24, 2.45) is 0 Å². The lowest BCUT2D eigenvalue weighted by Gasteiger charge is -2.17. The average Bonchev–Trinajstić information content (AvgIpc) is 3.56. The number of rotatable bonds is 6. The van der Waals surface area contributed by atoms with E-state index in [1.165, 1.54) is 27.9 Å². The molecular weight excluding hydrogens is 476 g/mol. The van der Waals surface area contributed by atoms with Gasteiger partial charge in [-0.05, 0) is 79.4 Å². The third-order valence-electron chi connectivity index (χ3n) is 7.22. The Morgan fingerprint density at radius 3 is 2.33 bits per heavy atom. The summed E-state index contributed by atoms with van der Waals surface area (Å²) in [5, 5.41) is 1.09. The quantitative estimate of drug-likeness (QED) is 0.226. The van der Waals surface area contributed by atoms with Crippen molar-refractivity contribution in [2.75, 3.05) is 0 Å². The number of allylic oxidation sites excluding steroid dienone is 1. The van der Waals surface area contributed by atoms with E-state index in [1.54, 1.807) is 0 Å². The van der Waals surface area contributed by atoms with Gasteiger partial charge in [-0.15, -0.1) is 0 Å². The molecule has 0 atom stereocenters. The highest BCUT2D eigenvalue weighted by Gasteiger charge is 2.17. The number of aromatic nitrogens is 4. The molecule has 190 valence electrons. The highest BCUT2D eigenvalue weighted by atomic mass is 15.1. The van der Waals surface area contributed by atoms with E-state index in [2.05, 4.69) is 106 Å². The number of hydrogen-bond donors (Lipinski definition) is 0. The number of hydrogen-bond acceptors (Lipinski definition) is 2. The predicted molar refractivity (Wildman–Crippen MR) is 163 cm³/mol. The monoisotopic (exact) mass is 506 g/mol. The zero-order valence-electron chi connectivity index (χ0n) is 22.5. The van der Waals surface area contributed by atoms with E-state index >= 15 is 0 Å². The first-order chi connectivity index (χ1) is 19.1. The van der Waals surface area contributed by atoms with Gasteiger partial charge in [0.15, 0.2) is 0 Å². The second-order valence-electron chi connectivity index (χ2n) is 9.73. The SMILES string of the molecule is C=Cc1c(/C=C\C)n(-c2cccc(-c3cc(C)c(-n4ccnc4-c4ccccc4)c(C)c3)c2)c2ccncc12. The number of pyridine rings is 1. The molecule has 0 unspecified atom stereocenters. The first-order valence-electron chi connectivity index (χ1n) is 13.2. The molecule has 0 saturated heterocycles. The Balaban J connectivity index is 1.47. The van der Waals surface area contributed by atoms with Crippen LogP contribution in [0, 0.1) is 13.8 Å². The van der Waals surface area contributed by atoms with Crippen molar-refractivity contribution < 1.29 is 0 Å². The Kier molecular flexibility index (Phi) is 6.29. The zero-order chi connectivity index (χ0) is 26.9.